The minimum Gasteiger partial charge on any atom is -0.338 e. The van der Waals surface area contributed by atoms with Gasteiger partial charge in [-0.15, -0.1) is 0 Å². The van der Waals surface area contributed by atoms with Crippen LogP contribution in [0.25, 0.3) is 0 Å². The van der Waals surface area contributed by atoms with Crippen molar-refractivity contribution >= 4 is 23.0 Å². The van der Waals surface area contributed by atoms with E-state index in [4.69, 9.17) is 0 Å². The SMILES string of the molecule is CC1Cc2ccccc2N1c1ccc(NC(=O)c2ccccc2)cc1. The van der Waals surface area contributed by atoms with E-state index in [-0.39, 0.29) is 5.91 Å². The topological polar surface area (TPSA) is 32.3 Å². The van der Waals surface area contributed by atoms with E-state index in [9.17, 15) is 4.79 Å². The molecule has 1 amide bonds. The predicted octanol–water partition coefficient (Wildman–Crippen LogP) is 5.02. The van der Waals surface area contributed by atoms with Gasteiger partial charge in [-0.2, -0.15) is 0 Å². The summed E-state index contributed by atoms with van der Waals surface area (Å²) in [6.07, 6.45) is 1.06. The Kier molecular flexibility index (Phi) is 3.98. The third-order valence-corrected chi connectivity index (χ3v) is 4.65. The molecule has 1 unspecified atom stereocenters. The Morgan fingerprint density at radius 2 is 1.60 bits per heavy atom. The van der Waals surface area contributed by atoms with Crippen LogP contribution in [0.5, 0.6) is 0 Å². The van der Waals surface area contributed by atoms with Crippen molar-refractivity contribution in [3.8, 4) is 0 Å². The van der Waals surface area contributed by atoms with Crippen LogP contribution in [-0.4, -0.2) is 11.9 Å². The molecule has 0 radical (unpaired) electrons. The zero-order valence-electron chi connectivity index (χ0n) is 14.1. The number of para-hydroxylation sites is 1. The molecule has 0 saturated heterocycles. The first-order valence-electron chi connectivity index (χ1n) is 8.56. The van der Waals surface area contributed by atoms with E-state index in [1.807, 2.05) is 42.5 Å². The van der Waals surface area contributed by atoms with Crippen molar-refractivity contribution in [3.05, 3.63) is 90.0 Å². The van der Waals surface area contributed by atoms with Crippen molar-refractivity contribution in [1.82, 2.24) is 0 Å². The molecule has 25 heavy (non-hydrogen) atoms. The lowest BCUT2D eigenvalue weighted by molar-refractivity contribution is 0.102. The lowest BCUT2D eigenvalue weighted by Crippen LogP contribution is -2.23. The highest BCUT2D eigenvalue weighted by atomic mass is 16.1. The summed E-state index contributed by atoms with van der Waals surface area (Å²) in [4.78, 5) is 14.6. The van der Waals surface area contributed by atoms with Crippen LogP contribution in [0.1, 0.15) is 22.8 Å². The summed E-state index contributed by atoms with van der Waals surface area (Å²) in [5.41, 5.74) is 5.27. The molecule has 4 rings (SSSR count). The van der Waals surface area contributed by atoms with Gasteiger partial charge in [0.25, 0.3) is 5.91 Å². The van der Waals surface area contributed by atoms with Gasteiger partial charge in [-0.25, -0.2) is 0 Å². The minimum atomic E-state index is -0.0896. The fraction of sp³-hybridized carbons (Fsp3) is 0.136. The fourth-order valence-corrected chi connectivity index (χ4v) is 3.46. The van der Waals surface area contributed by atoms with Gasteiger partial charge < -0.3 is 10.2 Å². The maximum atomic E-state index is 12.2. The summed E-state index contributed by atoms with van der Waals surface area (Å²) >= 11 is 0. The molecule has 0 aliphatic carbocycles. The number of anilines is 3. The second-order valence-corrected chi connectivity index (χ2v) is 6.42. The summed E-state index contributed by atoms with van der Waals surface area (Å²) in [6, 6.07) is 26.3. The normalized spacial score (nSPS) is 15.7. The standard InChI is InChI=1S/C22H20N2O/c1-16-15-18-9-5-6-10-21(18)24(16)20-13-11-19(12-14-20)23-22(25)17-7-3-2-4-8-17/h2-14,16H,15H2,1H3,(H,23,25). The smallest absolute Gasteiger partial charge is 0.255 e. The van der Waals surface area contributed by atoms with Gasteiger partial charge in [-0.05, 0) is 61.4 Å². The van der Waals surface area contributed by atoms with Crippen molar-refractivity contribution < 1.29 is 4.79 Å². The molecule has 0 saturated carbocycles. The zero-order valence-corrected chi connectivity index (χ0v) is 14.1. The highest BCUT2D eigenvalue weighted by Gasteiger charge is 2.26. The average Bonchev–Trinajstić information content (AvgIpc) is 2.99. The lowest BCUT2D eigenvalue weighted by Gasteiger charge is -2.25. The first kappa shape index (κ1) is 15.5. The molecule has 124 valence electrons. The monoisotopic (exact) mass is 328 g/mol. The first-order valence-corrected chi connectivity index (χ1v) is 8.56. The third kappa shape index (κ3) is 3.01. The van der Waals surface area contributed by atoms with Gasteiger partial charge in [0.05, 0.1) is 0 Å². The van der Waals surface area contributed by atoms with E-state index in [0.29, 0.717) is 11.6 Å². The van der Waals surface area contributed by atoms with Gasteiger partial charge in [-0.1, -0.05) is 36.4 Å². The highest BCUT2D eigenvalue weighted by Crippen LogP contribution is 2.38. The predicted molar refractivity (Wildman–Crippen MR) is 103 cm³/mol. The molecule has 3 heteroatoms. The molecular weight excluding hydrogens is 308 g/mol. The molecule has 1 N–H and O–H groups in total. The van der Waals surface area contributed by atoms with Crippen LogP contribution in [0.2, 0.25) is 0 Å². The molecular formula is C22H20N2O. The molecule has 1 aliphatic heterocycles. The minimum absolute atomic E-state index is 0.0896. The molecule has 0 aromatic heterocycles. The summed E-state index contributed by atoms with van der Waals surface area (Å²) in [5.74, 6) is -0.0896. The number of nitrogens with one attached hydrogen (secondary N) is 1. The number of rotatable bonds is 3. The van der Waals surface area contributed by atoms with Crippen LogP contribution in [0.15, 0.2) is 78.9 Å². The van der Waals surface area contributed by atoms with Gasteiger partial charge in [0.2, 0.25) is 0 Å². The van der Waals surface area contributed by atoms with Crippen molar-refractivity contribution in [2.75, 3.05) is 10.2 Å². The summed E-state index contributed by atoms with van der Waals surface area (Å²) < 4.78 is 0. The lowest BCUT2D eigenvalue weighted by atomic mass is 10.1. The molecule has 1 aliphatic rings. The zero-order chi connectivity index (χ0) is 17.2. The number of amides is 1. The Bertz CT molecular complexity index is 887. The van der Waals surface area contributed by atoms with Crippen LogP contribution in [0.4, 0.5) is 17.1 Å². The van der Waals surface area contributed by atoms with Gasteiger partial charge in [0.1, 0.15) is 0 Å². The van der Waals surface area contributed by atoms with E-state index in [2.05, 4.69) is 53.5 Å². The number of nitrogens with zero attached hydrogens (tertiary/aromatic N) is 1. The Hall–Kier alpha value is -3.07. The number of fused-ring (bicyclic) bond motifs is 1. The molecule has 0 spiro atoms. The number of benzene rings is 3. The molecule has 0 fully saturated rings. The Morgan fingerprint density at radius 1 is 0.920 bits per heavy atom. The van der Waals surface area contributed by atoms with Crippen molar-refractivity contribution in [1.29, 1.82) is 0 Å². The van der Waals surface area contributed by atoms with Gasteiger partial charge in [0.15, 0.2) is 0 Å². The fourth-order valence-electron chi connectivity index (χ4n) is 3.46. The van der Waals surface area contributed by atoms with E-state index in [1.165, 1.54) is 11.3 Å². The van der Waals surface area contributed by atoms with Gasteiger partial charge in [0, 0.05) is 28.7 Å². The van der Waals surface area contributed by atoms with Crippen molar-refractivity contribution in [3.63, 3.8) is 0 Å². The number of hydrogen-bond acceptors (Lipinski definition) is 2. The van der Waals surface area contributed by atoms with Crippen LogP contribution in [0.3, 0.4) is 0 Å². The number of carbonyl (C=O) groups excluding carboxylic acids is 1. The molecule has 3 nitrogen and oxygen atoms in total. The molecule has 0 bridgehead atoms. The second kappa shape index (κ2) is 6.44. The highest BCUT2D eigenvalue weighted by molar-refractivity contribution is 6.04. The Labute approximate surface area is 147 Å². The average molecular weight is 328 g/mol. The summed E-state index contributed by atoms with van der Waals surface area (Å²) in [5, 5.41) is 2.95. The summed E-state index contributed by atoms with van der Waals surface area (Å²) in [7, 11) is 0. The van der Waals surface area contributed by atoms with Crippen molar-refractivity contribution in [2.45, 2.75) is 19.4 Å². The quantitative estimate of drug-likeness (QED) is 0.732. The second-order valence-electron chi connectivity index (χ2n) is 6.42. The molecule has 1 heterocycles. The van der Waals surface area contributed by atoms with Gasteiger partial charge >= 0.3 is 0 Å². The summed E-state index contributed by atoms with van der Waals surface area (Å²) in [6.45, 7) is 2.24. The van der Waals surface area contributed by atoms with Crippen LogP contribution in [-0.2, 0) is 6.42 Å². The molecule has 3 aromatic carbocycles. The number of hydrogen-bond donors (Lipinski definition) is 1. The Morgan fingerprint density at radius 3 is 2.36 bits per heavy atom. The van der Waals surface area contributed by atoms with E-state index in [1.54, 1.807) is 0 Å². The van der Waals surface area contributed by atoms with E-state index < -0.39 is 0 Å². The number of carbonyl (C=O) groups is 1. The van der Waals surface area contributed by atoms with Crippen LogP contribution in [0, 0.1) is 0 Å². The van der Waals surface area contributed by atoms with Crippen LogP contribution < -0.4 is 10.2 Å². The van der Waals surface area contributed by atoms with E-state index >= 15 is 0 Å². The molecule has 1 atom stereocenters. The largest absolute Gasteiger partial charge is 0.338 e. The maximum Gasteiger partial charge on any atom is 0.255 e. The first-order chi connectivity index (χ1) is 12.2. The maximum absolute atomic E-state index is 12.2. The van der Waals surface area contributed by atoms with Crippen molar-refractivity contribution in [2.24, 2.45) is 0 Å². The van der Waals surface area contributed by atoms with Gasteiger partial charge in [-0.3, -0.25) is 4.79 Å². The van der Waals surface area contributed by atoms with E-state index in [0.717, 1.165) is 17.8 Å². The third-order valence-electron chi connectivity index (χ3n) is 4.65. The Balaban J connectivity index is 1.54. The molecule has 3 aromatic rings. The van der Waals surface area contributed by atoms with Crippen LogP contribution >= 0.6 is 0 Å².